The van der Waals surface area contributed by atoms with Crippen molar-refractivity contribution in [2.24, 2.45) is 0 Å². The maximum absolute atomic E-state index is 12.4. The predicted molar refractivity (Wildman–Crippen MR) is 98.9 cm³/mol. The van der Waals surface area contributed by atoms with Crippen molar-refractivity contribution in [2.45, 2.75) is 19.9 Å². The molecular formula is C19H18ClN3O4. The van der Waals surface area contributed by atoms with Crippen molar-refractivity contribution < 1.29 is 18.7 Å². The molecule has 27 heavy (non-hydrogen) atoms. The van der Waals surface area contributed by atoms with Gasteiger partial charge in [-0.25, -0.2) is 9.48 Å². The van der Waals surface area contributed by atoms with Crippen LogP contribution in [-0.4, -0.2) is 28.3 Å². The van der Waals surface area contributed by atoms with E-state index >= 15 is 0 Å². The molecule has 0 fully saturated rings. The SMILES string of the molecule is Cc1nn(-c2ccccc2)c(Cl)c1C(=O)OCC(=O)N[C@H](C)c1ccco1. The number of amides is 1. The number of carbonyl (C=O) groups excluding carboxylic acids is 2. The summed E-state index contributed by atoms with van der Waals surface area (Å²) >= 11 is 6.31. The number of nitrogens with zero attached hydrogens (tertiary/aromatic N) is 2. The number of carbonyl (C=O) groups is 2. The number of halogens is 1. The van der Waals surface area contributed by atoms with Gasteiger partial charge in [-0.3, -0.25) is 4.79 Å². The van der Waals surface area contributed by atoms with Gasteiger partial charge in [-0.2, -0.15) is 5.10 Å². The number of hydrogen-bond donors (Lipinski definition) is 1. The maximum atomic E-state index is 12.4. The summed E-state index contributed by atoms with van der Waals surface area (Å²) in [6.07, 6.45) is 1.52. The molecule has 3 aromatic rings. The first kappa shape index (κ1) is 18.7. The highest BCUT2D eigenvalue weighted by molar-refractivity contribution is 6.33. The number of rotatable bonds is 6. The van der Waals surface area contributed by atoms with Crippen LogP contribution in [0.25, 0.3) is 5.69 Å². The summed E-state index contributed by atoms with van der Waals surface area (Å²) in [7, 11) is 0. The highest BCUT2D eigenvalue weighted by atomic mass is 35.5. The Morgan fingerprint density at radius 3 is 2.67 bits per heavy atom. The highest BCUT2D eigenvalue weighted by Gasteiger charge is 2.23. The standard InChI is InChI=1S/C19H18ClN3O4/c1-12(15-9-6-10-26-15)21-16(24)11-27-19(25)17-13(2)22-23(18(17)20)14-7-4-3-5-8-14/h3-10,12H,11H2,1-2H3,(H,21,24)/t12-/m1/s1. The van der Waals surface area contributed by atoms with Crippen LogP contribution >= 0.6 is 11.6 Å². The van der Waals surface area contributed by atoms with E-state index in [1.165, 1.54) is 10.9 Å². The Hall–Kier alpha value is -3.06. The first-order valence-corrected chi connectivity index (χ1v) is 8.65. The number of esters is 1. The Kier molecular flexibility index (Phi) is 5.61. The van der Waals surface area contributed by atoms with Crippen LogP contribution < -0.4 is 5.32 Å². The van der Waals surface area contributed by atoms with Crippen molar-refractivity contribution in [1.82, 2.24) is 15.1 Å². The fourth-order valence-corrected chi connectivity index (χ4v) is 2.92. The van der Waals surface area contributed by atoms with Crippen molar-refractivity contribution >= 4 is 23.5 Å². The van der Waals surface area contributed by atoms with E-state index in [9.17, 15) is 9.59 Å². The lowest BCUT2D eigenvalue weighted by molar-refractivity contribution is -0.125. The maximum Gasteiger partial charge on any atom is 0.343 e. The Labute approximate surface area is 160 Å². The number of benzene rings is 1. The van der Waals surface area contributed by atoms with Crippen molar-refractivity contribution in [3.63, 3.8) is 0 Å². The summed E-state index contributed by atoms with van der Waals surface area (Å²) in [5, 5.41) is 7.10. The Morgan fingerprint density at radius 1 is 1.26 bits per heavy atom. The molecule has 0 spiro atoms. The van der Waals surface area contributed by atoms with E-state index in [0.717, 1.165) is 5.69 Å². The van der Waals surface area contributed by atoms with E-state index in [-0.39, 0.29) is 16.8 Å². The average Bonchev–Trinajstić information content (AvgIpc) is 3.29. The fourth-order valence-electron chi connectivity index (χ4n) is 2.57. The molecular weight excluding hydrogens is 370 g/mol. The lowest BCUT2D eigenvalue weighted by Crippen LogP contribution is -2.31. The van der Waals surface area contributed by atoms with Gasteiger partial charge in [0.1, 0.15) is 16.5 Å². The zero-order valence-corrected chi connectivity index (χ0v) is 15.6. The van der Waals surface area contributed by atoms with Crippen molar-refractivity contribution in [3.05, 3.63) is 70.9 Å². The van der Waals surface area contributed by atoms with Crippen molar-refractivity contribution in [3.8, 4) is 5.69 Å². The first-order valence-electron chi connectivity index (χ1n) is 8.27. The van der Waals surface area contributed by atoms with Crippen LogP contribution in [0, 0.1) is 6.92 Å². The zero-order chi connectivity index (χ0) is 19.4. The van der Waals surface area contributed by atoms with E-state index < -0.39 is 18.5 Å². The quantitative estimate of drug-likeness (QED) is 0.654. The van der Waals surface area contributed by atoms with Crippen LogP contribution in [0.4, 0.5) is 0 Å². The number of para-hydroxylation sites is 1. The molecule has 1 aromatic carbocycles. The monoisotopic (exact) mass is 387 g/mol. The van der Waals surface area contributed by atoms with Crippen LogP contribution in [0.3, 0.4) is 0 Å². The van der Waals surface area contributed by atoms with Crippen molar-refractivity contribution in [1.29, 1.82) is 0 Å². The van der Waals surface area contributed by atoms with Gasteiger partial charge < -0.3 is 14.5 Å². The second-order valence-electron chi connectivity index (χ2n) is 5.88. The molecule has 2 heterocycles. The smallest absolute Gasteiger partial charge is 0.343 e. The van der Waals surface area contributed by atoms with Gasteiger partial charge in [0.05, 0.1) is 23.7 Å². The van der Waals surface area contributed by atoms with Crippen LogP contribution in [0.1, 0.15) is 34.8 Å². The predicted octanol–water partition coefficient (Wildman–Crippen LogP) is 3.46. The molecule has 0 saturated carbocycles. The molecule has 0 aliphatic carbocycles. The third kappa shape index (κ3) is 4.20. The van der Waals surface area contributed by atoms with E-state index in [1.807, 2.05) is 30.3 Å². The number of aryl methyl sites for hydroxylation is 1. The van der Waals surface area contributed by atoms with Gasteiger partial charge in [-0.05, 0) is 38.1 Å². The van der Waals surface area contributed by atoms with Crippen LogP contribution in [-0.2, 0) is 9.53 Å². The molecule has 7 nitrogen and oxygen atoms in total. The molecule has 8 heteroatoms. The van der Waals surface area contributed by atoms with E-state index in [2.05, 4.69) is 10.4 Å². The Morgan fingerprint density at radius 2 is 2.00 bits per heavy atom. The number of furan rings is 1. The zero-order valence-electron chi connectivity index (χ0n) is 14.8. The lowest BCUT2D eigenvalue weighted by atomic mass is 10.2. The summed E-state index contributed by atoms with van der Waals surface area (Å²) in [6.45, 7) is 2.99. The lowest BCUT2D eigenvalue weighted by Gasteiger charge is -2.11. The molecule has 0 aliphatic heterocycles. The van der Waals surface area contributed by atoms with Crippen LogP contribution in [0.15, 0.2) is 53.1 Å². The molecule has 0 saturated heterocycles. The topological polar surface area (TPSA) is 86.4 Å². The van der Waals surface area contributed by atoms with E-state index in [0.29, 0.717) is 11.5 Å². The Balaban J connectivity index is 1.65. The summed E-state index contributed by atoms with van der Waals surface area (Å²) in [4.78, 5) is 24.4. The molecule has 1 atom stereocenters. The van der Waals surface area contributed by atoms with Gasteiger partial charge >= 0.3 is 5.97 Å². The molecule has 0 radical (unpaired) electrons. The van der Waals surface area contributed by atoms with Gasteiger partial charge in [-0.15, -0.1) is 0 Å². The molecule has 3 rings (SSSR count). The second-order valence-corrected chi connectivity index (χ2v) is 6.24. The molecule has 1 amide bonds. The van der Waals surface area contributed by atoms with Gasteiger partial charge in [0.2, 0.25) is 0 Å². The molecule has 140 valence electrons. The molecule has 2 aromatic heterocycles. The number of hydrogen-bond acceptors (Lipinski definition) is 5. The minimum absolute atomic E-state index is 0.132. The van der Waals surface area contributed by atoms with Crippen molar-refractivity contribution in [2.75, 3.05) is 6.61 Å². The highest BCUT2D eigenvalue weighted by Crippen LogP contribution is 2.24. The van der Waals surface area contributed by atoms with E-state index in [4.69, 9.17) is 20.8 Å². The van der Waals surface area contributed by atoms with Crippen LogP contribution in [0.5, 0.6) is 0 Å². The summed E-state index contributed by atoms with van der Waals surface area (Å²) < 4.78 is 11.8. The molecule has 0 aliphatic rings. The summed E-state index contributed by atoms with van der Waals surface area (Å²) in [6, 6.07) is 12.3. The summed E-state index contributed by atoms with van der Waals surface area (Å²) in [5.41, 5.74) is 1.26. The second kappa shape index (κ2) is 8.09. The largest absolute Gasteiger partial charge is 0.467 e. The minimum Gasteiger partial charge on any atom is -0.467 e. The normalized spacial score (nSPS) is 11.8. The third-order valence-corrected chi connectivity index (χ3v) is 4.24. The molecule has 1 N–H and O–H groups in total. The van der Waals surface area contributed by atoms with Gasteiger partial charge in [0, 0.05) is 0 Å². The fraction of sp³-hybridized carbons (Fsp3) is 0.211. The number of aromatic nitrogens is 2. The van der Waals surface area contributed by atoms with Gasteiger partial charge in [0.25, 0.3) is 5.91 Å². The van der Waals surface area contributed by atoms with Crippen LogP contribution in [0.2, 0.25) is 5.15 Å². The number of nitrogens with one attached hydrogen (secondary N) is 1. The number of ether oxygens (including phenoxy) is 1. The molecule has 0 bridgehead atoms. The van der Waals surface area contributed by atoms with Gasteiger partial charge in [0.15, 0.2) is 6.61 Å². The third-order valence-electron chi connectivity index (χ3n) is 3.89. The summed E-state index contributed by atoms with van der Waals surface area (Å²) in [5.74, 6) is -0.547. The van der Waals surface area contributed by atoms with E-state index in [1.54, 1.807) is 26.0 Å². The Bertz CT molecular complexity index is 936. The first-order chi connectivity index (χ1) is 13.0. The molecule has 0 unspecified atom stereocenters. The van der Waals surface area contributed by atoms with Gasteiger partial charge in [-0.1, -0.05) is 29.8 Å². The minimum atomic E-state index is -0.708. The average molecular weight is 388 g/mol.